The van der Waals surface area contributed by atoms with E-state index in [9.17, 15) is 0 Å². The predicted molar refractivity (Wildman–Crippen MR) is 205 cm³/mol. The Labute approximate surface area is 302 Å². The summed E-state index contributed by atoms with van der Waals surface area (Å²) in [6.07, 6.45) is 1.10. The van der Waals surface area contributed by atoms with Gasteiger partial charge in [0.05, 0.1) is 0 Å². The Kier molecular flexibility index (Phi) is 20.5. The van der Waals surface area contributed by atoms with Crippen LogP contribution in [0.25, 0.3) is 43.8 Å². The van der Waals surface area contributed by atoms with Crippen molar-refractivity contribution in [1.29, 1.82) is 0 Å². The molecule has 0 aliphatic heterocycles. The molecule has 0 heterocycles. The monoisotopic (exact) mass is 728 g/mol. The topological polar surface area (TPSA) is 0 Å². The quantitative estimate of drug-likeness (QED) is 0.126. The van der Waals surface area contributed by atoms with Crippen LogP contribution in [0.5, 0.6) is 0 Å². The van der Waals surface area contributed by atoms with Crippen molar-refractivity contribution < 1.29 is 23.3 Å². The second-order valence-corrected chi connectivity index (χ2v) is 10.6. The van der Waals surface area contributed by atoms with E-state index in [2.05, 4.69) is 159 Å². The van der Waals surface area contributed by atoms with Crippen molar-refractivity contribution in [2.75, 3.05) is 0 Å². The fourth-order valence-corrected chi connectivity index (χ4v) is 5.65. The molecular formula is C41H48Cl2SiZr-4. The molecule has 0 aromatic heterocycles. The molecule has 2 radical (unpaired) electrons. The molecule has 6 rings (SSSR count). The molecular weight excluding hydrogens is 683 g/mol. The Morgan fingerprint density at radius 3 is 1.33 bits per heavy atom. The molecule has 0 aliphatic carbocycles. The van der Waals surface area contributed by atoms with E-state index >= 15 is 0 Å². The van der Waals surface area contributed by atoms with Crippen LogP contribution in [0.2, 0.25) is 0 Å². The van der Waals surface area contributed by atoms with Gasteiger partial charge in [-0.15, -0.1) is 93.9 Å². The molecule has 0 atom stereocenters. The molecule has 0 aliphatic rings. The number of hydrogen-bond acceptors (Lipinski definition) is 0. The molecule has 45 heavy (non-hydrogen) atoms. The molecule has 238 valence electrons. The summed E-state index contributed by atoms with van der Waals surface area (Å²) in [5, 5.41) is 5.43. The number of hydrogen-bond donors (Lipinski definition) is 0. The van der Waals surface area contributed by atoms with Gasteiger partial charge >= 0.3 is 30.2 Å². The van der Waals surface area contributed by atoms with Crippen molar-refractivity contribution in [3.8, 4) is 22.3 Å². The maximum absolute atomic E-state index is 3.25. The molecule has 0 spiro atoms. The summed E-state index contributed by atoms with van der Waals surface area (Å²) in [5.41, 5.74) is 13.4. The first-order valence-electron chi connectivity index (χ1n) is 15.0. The van der Waals surface area contributed by atoms with Crippen molar-refractivity contribution in [2.24, 2.45) is 0 Å². The van der Waals surface area contributed by atoms with Crippen LogP contribution < -0.4 is 0 Å². The molecule has 6 aromatic rings. The van der Waals surface area contributed by atoms with Crippen molar-refractivity contribution in [1.82, 2.24) is 0 Å². The van der Waals surface area contributed by atoms with Crippen molar-refractivity contribution in [2.45, 2.75) is 61.8 Å². The van der Waals surface area contributed by atoms with Gasteiger partial charge in [0.1, 0.15) is 0 Å². The summed E-state index contributed by atoms with van der Waals surface area (Å²) < 4.78 is 0. The van der Waals surface area contributed by atoms with Gasteiger partial charge in [-0.05, 0) is 45.2 Å². The van der Waals surface area contributed by atoms with Gasteiger partial charge in [0.25, 0.3) is 0 Å². The summed E-state index contributed by atoms with van der Waals surface area (Å²) in [6.45, 7) is 26.1. The minimum absolute atomic E-state index is 0. The van der Waals surface area contributed by atoms with E-state index in [1.807, 2.05) is 0 Å². The van der Waals surface area contributed by atoms with Gasteiger partial charge < -0.3 is 13.8 Å². The first-order chi connectivity index (χ1) is 20.8. The Bertz CT molecular complexity index is 1700. The summed E-state index contributed by atoms with van der Waals surface area (Å²) in [4.78, 5) is 0. The Balaban J connectivity index is 0.000000712. The number of aryl methyl sites for hydroxylation is 6. The van der Waals surface area contributed by atoms with Crippen LogP contribution in [-0.2, 0) is 29.8 Å². The molecule has 0 saturated heterocycles. The molecule has 0 saturated carbocycles. The fourth-order valence-electron chi connectivity index (χ4n) is 5.65. The van der Waals surface area contributed by atoms with Crippen LogP contribution in [0.3, 0.4) is 0 Å². The molecule has 0 unspecified atom stereocenters. The standard InChI is InChI=1S/C19H19.C18H17.2C2H5.2ClH.Si.Zr/c1-4-15-11-16-6-5-7-18(19(16)12-15)17-9-13(2)8-14(3)10-17;1-12-7-13(2)10-16(9-12)17-6-4-5-15-8-14(3)11-18(15)17;2*1-2;;;;/h5-12H,4H2,1-3H3;4-11H,1-3H3;2*1H2,2H3;2*1H;;/q4*-1;;;;. The van der Waals surface area contributed by atoms with Crippen molar-refractivity contribution in [3.63, 3.8) is 0 Å². The van der Waals surface area contributed by atoms with E-state index < -0.39 is 0 Å². The predicted octanol–water partition coefficient (Wildman–Crippen LogP) is 12.7. The number of rotatable bonds is 3. The van der Waals surface area contributed by atoms with Crippen LogP contribution >= 0.6 is 24.8 Å². The number of benzene rings is 4. The minimum atomic E-state index is 0. The SMILES string of the molecule is CCc1cc2c(-c3cc(C)cc(C)c3)cccc2[cH-]1.Cc1cc(C)cc(-c2cccc3[cH-]c(C)cc23)c1.Cl.Cl.[CH2-]C.[CH2-]C.[Si]=[Zr]. The Morgan fingerprint density at radius 1 is 0.556 bits per heavy atom. The number of fused-ring (bicyclic) bond motifs is 2. The summed E-state index contributed by atoms with van der Waals surface area (Å²) in [6, 6.07) is 35.9. The zero-order chi connectivity index (χ0) is 32.1. The molecule has 4 heteroatoms. The third kappa shape index (κ3) is 11.5. The van der Waals surface area contributed by atoms with Crippen LogP contribution in [0.15, 0.2) is 97.1 Å². The average Bonchev–Trinajstić information content (AvgIpc) is 3.62. The molecule has 0 bridgehead atoms. The Morgan fingerprint density at radius 2 is 0.933 bits per heavy atom. The third-order valence-corrected chi connectivity index (χ3v) is 7.18. The van der Waals surface area contributed by atoms with Gasteiger partial charge in [-0.3, -0.25) is 0 Å². The zero-order valence-electron chi connectivity index (χ0n) is 28.2. The summed E-state index contributed by atoms with van der Waals surface area (Å²) >= 11 is 1.36. The van der Waals surface area contributed by atoms with Crippen LogP contribution in [0.1, 0.15) is 54.2 Å². The molecule has 0 amide bonds. The first-order valence-corrected chi connectivity index (χ1v) is 19.2. The van der Waals surface area contributed by atoms with E-state index in [1.165, 1.54) is 101 Å². The Hall–Kier alpha value is -2.22. The van der Waals surface area contributed by atoms with Gasteiger partial charge in [-0.1, -0.05) is 95.8 Å². The van der Waals surface area contributed by atoms with Crippen LogP contribution in [-0.4, -0.2) is 6.88 Å². The van der Waals surface area contributed by atoms with Gasteiger partial charge in [0.2, 0.25) is 0 Å². The molecule has 0 nitrogen and oxygen atoms in total. The fraction of sp³-hybridized carbons (Fsp3) is 0.220. The second-order valence-electron chi connectivity index (χ2n) is 10.6. The van der Waals surface area contributed by atoms with E-state index in [0.29, 0.717) is 0 Å². The van der Waals surface area contributed by atoms with Crippen LogP contribution in [0, 0.1) is 48.5 Å². The van der Waals surface area contributed by atoms with E-state index in [-0.39, 0.29) is 24.8 Å². The van der Waals surface area contributed by atoms with Crippen molar-refractivity contribution >= 4 is 53.2 Å². The number of halogens is 2. The third-order valence-electron chi connectivity index (χ3n) is 7.18. The molecule has 0 N–H and O–H groups in total. The maximum atomic E-state index is 3.25. The van der Waals surface area contributed by atoms with Gasteiger partial charge in [0, 0.05) is 0 Å². The second kappa shape index (κ2) is 21.6. The van der Waals surface area contributed by atoms with Crippen LogP contribution in [0.4, 0.5) is 0 Å². The summed E-state index contributed by atoms with van der Waals surface area (Å²) in [7, 11) is 0. The average molecular weight is 731 g/mol. The van der Waals surface area contributed by atoms with E-state index in [0.717, 1.165) is 6.42 Å². The van der Waals surface area contributed by atoms with E-state index in [4.69, 9.17) is 0 Å². The van der Waals surface area contributed by atoms with Gasteiger partial charge in [0.15, 0.2) is 0 Å². The normalized spacial score (nSPS) is 9.44. The molecule has 6 aromatic carbocycles. The van der Waals surface area contributed by atoms with Crippen molar-refractivity contribution in [3.05, 3.63) is 144 Å². The van der Waals surface area contributed by atoms with E-state index in [1.54, 1.807) is 13.8 Å². The zero-order valence-corrected chi connectivity index (χ0v) is 33.3. The van der Waals surface area contributed by atoms with Gasteiger partial charge in [-0.2, -0.15) is 26.0 Å². The first kappa shape index (κ1) is 42.8. The summed E-state index contributed by atoms with van der Waals surface area (Å²) in [5.74, 6) is 0. The molecule has 0 fully saturated rings. The van der Waals surface area contributed by atoms with Gasteiger partial charge in [-0.25, -0.2) is 0 Å².